The summed E-state index contributed by atoms with van der Waals surface area (Å²) in [6, 6.07) is -0.0436. The molecule has 1 aliphatic heterocycles. The van der Waals surface area contributed by atoms with Gasteiger partial charge in [0.1, 0.15) is 0 Å². The van der Waals surface area contributed by atoms with Crippen LogP contribution in [0.4, 0.5) is 0 Å². The van der Waals surface area contributed by atoms with Crippen molar-refractivity contribution in [2.45, 2.75) is 50.1 Å². The average molecular weight is 304 g/mol. The van der Waals surface area contributed by atoms with Crippen molar-refractivity contribution in [2.24, 2.45) is 5.73 Å². The third-order valence-corrected chi connectivity index (χ3v) is 6.58. The van der Waals surface area contributed by atoms with Crippen LogP contribution in [0.5, 0.6) is 0 Å². The first kappa shape index (κ1) is 16.2. The quantitative estimate of drug-likeness (QED) is 0.730. The molecule has 1 unspecified atom stereocenters. The molecule has 7 heteroatoms. The number of hydrogen-bond acceptors (Lipinski definition) is 4. The zero-order valence-electron chi connectivity index (χ0n) is 12.6. The van der Waals surface area contributed by atoms with Crippen molar-refractivity contribution in [3.05, 3.63) is 0 Å². The van der Waals surface area contributed by atoms with Crippen LogP contribution < -0.4 is 10.5 Å². The molecule has 20 heavy (non-hydrogen) atoms. The molecular weight excluding hydrogens is 276 g/mol. The van der Waals surface area contributed by atoms with Gasteiger partial charge in [-0.1, -0.05) is 6.42 Å². The minimum absolute atomic E-state index is 0.00106. The molecule has 1 heterocycles. The molecule has 118 valence electrons. The Labute approximate surface area is 122 Å². The van der Waals surface area contributed by atoms with E-state index in [1.54, 1.807) is 4.31 Å². The molecule has 0 aromatic carbocycles. The lowest BCUT2D eigenvalue weighted by Gasteiger charge is -2.47. The van der Waals surface area contributed by atoms with Gasteiger partial charge in [-0.3, -0.25) is 0 Å². The fraction of sp³-hybridized carbons (Fsp3) is 1.00. The number of piperidine rings is 1. The van der Waals surface area contributed by atoms with E-state index in [0.29, 0.717) is 19.6 Å². The second-order valence-corrected chi connectivity index (χ2v) is 8.00. The summed E-state index contributed by atoms with van der Waals surface area (Å²) < 4.78 is 29.4. The van der Waals surface area contributed by atoms with Gasteiger partial charge in [-0.05, 0) is 46.2 Å². The maximum atomic E-state index is 12.5. The summed E-state index contributed by atoms with van der Waals surface area (Å²) in [6.07, 6.45) is 6.16. The van der Waals surface area contributed by atoms with Crippen LogP contribution >= 0.6 is 0 Å². The lowest BCUT2D eigenvalue weighted by molar-refractivity contribution is 0.0649. The number of likely N-dealkylation sites (N-methyl/N-ethyl adjacent to an activating group) is 1. The summed E-state index contributed by atoms with van der Waals surface area (Å²) in [5.41, 5.74) is 5.72. The van der Waals surface area contributed by atoms with Crippen molar-refractivity contribution in [3.8, 4) is 0 Å². The van der Waals surface area contributed by atoms with Crippen LogP contribution in [0.1, 0.15) is 38.5 Å². The number of nitrogens with one attached hydrogen (secondary N) is 1. The lowest BCUT2D eigenvalue weighted by Crippen LogP contribution is -2.60. The van der Waals surface area contributed by atoms with Gasteiger partial charge in [0.05, 0.1) is 0 Å². The minimum Gasteiger partial charge on any atom is -0.329 e. The number of nitrogens with two attached hydrogens (primary N) is 1. The molecule has 0 bridgehead atoms. The Balaban J connectivity index is 1.99. The van der Waals surface area contributed by atoms with E-state index in [9.17, 15) is 8.42 Å². The molecule has 0 radical (unpaired) electrons. The van der Waals surface area contributed by atoms with E-state index < -0.39 is 10.2 Å². The largest absolute Gasteiger partial charge is 0.329 e. The standard InChI is InChI=1S/C13H28N4O2S/c1-16(2)13(7-5-8-13)11-15-20(18,19)17-9-4-3-6-12(17)10-14/h12,15H,3-11,14H2,1-2H3. The van der Waals surface area contributed by atoms with E-state index >= 15 is 0 Å². The first-order valence-electron chi connectivity index (χ1n) is 7.55. The average Bonchev–Trinajstić information content (AvgIpc) is 2.37. The highest BCUT2D eigenvalue weighted by Crippen LogP contribution is 2.35. The maximum Gasteiger partial charge on any atom is 0.279 e. The molecule has 0 spiro atoms. The molecule has 0 aromatic rings. The maximum absolute atomic E-state index is 12.5. The molecule has 2 fully saturated rings. The van der Waals surface area contributed by atoms with Crippen molar-refractivity contribution in [1.82, 2.24) is 13.9 Å². The van der Waals surface area contributed by atoms with Crippen LogP contribution in [0.3, 0.4) is 0 Å². The van der Waals surface area contributed by atoms with Gasteiger partial charge >= 0.3 is 0 Å². The van der Waals surface area contributed by atoms with Gasteiger partial charge in [-0.15, -0.1) is 0 Å². The number of nitrogens with zero attached hydrogens (tertiary/aromatic N) is 2. The van der Waals surface area contributed by atoms with Crippen LogP contribution in [0.15, 0.2) is 0 Å². The van der Waals surface area contributed by atoms with Gasteiger partial charge in [0.15, 0.2) is 0 Å². The smallest absolute Gasteiger partial charge is 0.279 e. The number of hydrogen-bond donors (Lipinski definition) is 2. The second kappa shape index (κ2) is 6.27. The van der Waals surface area contributed by atoms with Crippen molar-refractivity contribution in [2.75, 3.05) is 33.7 Å². The Morgan fingerprint density at radius 2 is 2.00 bits per heavy atom. The SMILES string of the molecule is CN(C)C1(CNS(=O)(=O)N2CCCCC2CN)CCC1. The summed E-state index contributed by atoms with van der Waals surface area (Å²) in [5.74, 6) is 0. The molecule has 1 atom stereocenters. The molecule has 0 aromatic heterocycles. The Morgan fingerprint density at radius 1 is 1.30 bits per heavy atom. The Hall–Kier alpha value is -0.210. The Bertz CT molecular complexity index is 420. The molecular formula is C13H28N4O2S. The van der Waals surface area contributed by atoms with E-state index in [2.05, 4.69) is 9.62 Å². The summed E-state index contributed by atoms with van der Waals surface area (Å²) >= 11 is 0. The summed E-state index contributed by atoms with van der Waals surface area (Å²) in [5, 5.41) is 0. The van der Waals surface area contributed by atoms with Gasteiger partial charge in [-0.2, -0.15) is 12.7 Å². The van der Waals surface area contributed by atoms with Crippen molar-refractivity contribution in [1.29, 1.82) is 0 Å². The first-order valence-corrected chi connectivity index (χ1v) is 8.99. The van der Waals surface area contributed by atoms with E-state index in [1.165, 1.54) is 6.42 Å². The van der Waals surface area contributed by atoms with Crippen molar-refractivity contribution in [3.63, 3.8) is 0 Å². The predicted molar refractivity (Wildman–Crippen MR) is 80.6 cm³/mol. The highest BCUT2D eigenvalue weighted by atomic mass is 32.2. The van der Waals surface area contributed by atoms with E-state index in [1.807, 2.05) is 14.1 Å². The Kier molecular flexibility index (Phi) is 5.07. The van der Waals surface area contributed by atoms with Gasteiger partial charge in [-0.25, -0.2) is 4.72 Å². The van der Waals surface area contributed by atoms with Crippen LogP contribution in [-0.4, -0.2) is 62.9 Å². The lowest BCUT2D eigenvalue weighted by atomic mass is 9.76. The fourth-order valence-corrected chi connectivity index (χ4v) is 4.77. The molecule has 1 saturated heterocycles. The monoisotopic (exact) mass is 304 g/mol. The summed E-state index contributed by atoms with van der Waals surface area (Å²) in [4.78, 5) is 2.15. The molecule has 1 saturated carbocycles. The van der Waals surface area contributed by atoms with Crippen LogP contribution in [0.2, 0.25) is 0 Å². The number of rotatable bonds is 6. The van der Waals surface area contributed by atoms with Gasteiger partial charge in [0, 0.05) is 31.2 Å². The highest BCUT2D eigenvalue weighted by Gasteiger charge is 2.41. The molecule has 0 amide bonds. The van der Waals surface area contributed by atoms with Crippen LogP contribution in [0.25, 0.3) is 0 Å². The van der Waals surface area contributed by atoms with Crippen LogP contribution in [-0.2, 0) is 10.2 Å². The highest BCUT2D eigenvalue weighted by molar-refractivity contribution is 7.87. The third-order valence-electron chi connectivity index (χ3n) is 4.97. The van der Waals surface area contributed by atoms with E-state index in [4.69, 9.17) is 5.73 Å². The van der Waals surface area contributed by atoms with Crippen molar-refractivity contribution < 1.29 is 8.42 Å². The summed E-state index contributed by atoms with van der Waals surface area (Å²) in [7, 11) is 0.639. The molecule has 6 nitrogen and oxygen atoms in total. The molecule has 1 aliphatic carbocycles. The van der Waals surface area contributed by atoms with Gasteiger partial charge < -0.3 is 10.6 Å². The molecule has 2 aliphatic rings. The van der Waals surface area contributed by atoms with E-state index in [-0.39, 0.29) is 11.6 Å². The predicted octanol–water partition coefficient (Wildman–Crippen LogP) is 0.118. The second-order valence-electron chi connectivity index (χ2n) is 6.29. The summed E-state index contributed by atoms with van der Waals surface area (Å²) in [6.45, 7) is 1.49. The van der Waals surface area contributed by atoms with E-state index in [0.717, 1.165) is 32.1 Å². The first-order chi connectivity index (χ1) is 9.41. The molecule has 3 N–H and O–H groups in total. The normalized spacial score (nSPS) is 27.5. The topological polar surface area (TPSA) is 78.7 Å². The Morgan fingerprint density at radius 3 is 2.50 bits per heavy atom. The minimum atomic E-state index is -3.41. The van der Waals surface area contributed by atoms with Gasteiger partial charge in [0.25, 0.3) is 10.2 Å². The van der Waals surface area contributed by atoms with Gasteiger partial charge in [0.2, 0.25) is 0 Å². The zero-order valence-corrected chi connectivity index (χ0v) is 13.5. The third kappa shape index (κ3) is 3.17. The zero-order chi connectivity index (χ0) is 14.8. The van der Waals surface area contributed by atoms with Crippen molar-refractivity contribution >= 4 is 10.2 Å². The van der Waals surface area contributed by atoms with Crippen LogP contribution in [0, 0.1) is 0 Å². The fourth-order valence-electron chi connectivity index (χ4n) is 3.20. The molecule has 2 rings (SSSR count).